The Bertz CT molecular complexity index is 1700. The van der Waals surface area contributed by atoms with Gasteiger partial charge in [0.05, 0.1) is 26.3 Å². The fourth-order valence-corrected chi connectivity index (χ4v) is 7.41. The molecule has 1 amide bonds. The highest BCUT2D eigenvalue weighted by Crippen LogP contribution is 2.55. The summed E-state index contributed by atoms with van der Waals surface area (Å²) in [6.45, 7) is 27.0. The minimum absolute atomic E-state index is 0.0127. The van der Waals surface area contributed by atoms with Crippen molar-refractivity contribution in [2.24, 2.45) is 0 Å². The SMILES string of the molecule is COc1c(C(C)(C)C)cc(C(c2cc(C(C)(C)C)c(OC)c(C(C)(C)C)c2)N2[C@@H](C(=O)Nc3ccccc3)[C@@H]2c2ccccc2)cc1C(C)(C)C. The molecule has 0 bridgehead atoms. The first-order valence-corrected chi connectivity index (χ1v) is 18.3. The maximum Gasteiger partial charge on any atom is 0.243 e. The molecule has 1 unspecified atom stereocenters. The molecule has 5 rings (SSSR count). The number of carbonyl (C=O) groups is 1. The lowest BCUT2D eigenvalue weighted by atomic mass is 9.75. The molecule has 272 valence electrons. The number of hydrogen-bond acceptors (Lipinski definition) is 4. The number of hydrogen-bond donors (Lipinski definition) is 1. The normalized spacial score (nSPS) is 18.1. The fourth-order valence-electron chi connectivity index (χ4n) is 7.41. The maximum absolute atomic E-state index is 14.4. The Morgan fingerprint density at radius 1 is 0.588 bits per heavy atom. The number of anilines is 1. The molecule has 5 heteroatoms. The summed E-state index contributed by atoms with van der Waals surface area (Å²) in [4.78, 5) is 16.9. The van der Waals surface area contributed by atoms with Crippen molar-refractivity contribution < 1.29 is 14.3 Å². The van der Waals surface area contributed by atoms with Gasteiger partial charge in [0.25, 0.3) is 0 Å². The second-order valence-electron chi connectivity index (χ2n) is 18.3. The monoisotopic (exact) mass is 688 g/mol. The number of nitrogens with zero attached hydrogens (tertiary/aromatic N) is 1. The molecule has 5 nitrogen and oxygen atoms in total. The minimum Gasteiger partial charge on any atom is -0.496 e. The van der Waals surface area contributed by atoms with Crippen LogP contribution in [0.3, 0.4) is 0 Å². The van der Waals surface area contributed by atoms with Crippen molar-refractivity contribution in [3.8, 4) is 11.5 Å². The Morgan fingerprint density at radius 3 is 1.27 bits per heavy atom. The molecule has 1 N–H and O–H groups in total. The Kier molecular flexibility index (Phi) is 10.3. The van der Waals surface area contributed by atoms with Gasteiger partial charge in [0, 0.05) is 27.9 Å². The van der Waals surface area contributed by atoms with Crippen molar-refractivity contribution in [3.05, 3.63) is 124 Å². The molecule has 4 aromatic rings. The number of amides is 1. The lowest BCUT2D eigenvalue weighted by Gasteiger charge is -2.34. The highest BCUT2D eigenvalue weighted by molar-refractivity contribution is 5.97. The molecular formula is C46H60N2O3. The van der Waals surface area contributed by atoms with E-state index in [4.69, 9.17) is 9.47 Å². The van der Waals surface area contributed by atoms with Crippen LogP contribution < -0.4 is 14.8 Å². The van der Waals surface area contributed by atoms with Crippen LogP contribution in [0.5, 0.6) is 11.5 Å². The van der Waals surface area contributed by atoms with E-state index in [1.54, 1.807) is 14.2 Å². The Labute approximate surface area is 307 Å². The number of nitrogens with one attached hydrogen (secondary N) is 1. The zero-order valence-corrected chi connectivity index (χ0v) is 33.5. The van der Waals surface area contributed by atoms with Gasteiger partial charge in [0.2, 0.25) is 5.91 Å². The summed E-state index contributed by atoms with van der Waals surface area (Å²) in [6, 6.07) is 28.8. The molecule has 1 aliphatic heterocycles. The van der Waals surface area contributed by atoms with Crippen molar-refractivity contribution >= 4 is 11.6 Å². The van der Waals surface area contributed by atoms with E-state index in [2.05, 4.69) is 142 Å². The Hall–Kier alpha value is -4.09. The lowest BCUT2D eigenvalue weighted by molar-refractivity contribution is -0.116. The zero-order chi connectivity index (χ0) is 37.7. The number of rotatable bonds is 8. The van der Waals surface area contributed by atoms with Crippen LogP contribution in [0.25, 0.3) is 0 Å². The van der Waals surface area contributed by atoms with Crippen LogP contribution in [0.1, 0.15) is 134 Å². The van der Waals surface area contributed by atoms with Gasteiger partial charge in [-0.15, -0.1) is 0 Å². The minimum atomic E-state index is -0.394. The maximum atomic E-state index is 14.4. The van der Waals surface area contributed by atoms with Gasteiger partial charge in [-0.05, 0) is 74.7 Å². The average molecular weight is 689 g/mol. The summed E-state index contributed by atoms with van der Waals surface area (Å²) in [5.41, 5.74) is 8.05. The smallest absolute Gasteiger partial charge is 0.243 e. The van der Waals surface area contributed by atoms with E-state index in [0.29, 0.717) is 0 Å². The quantitative estimate of drug-likeness (QED) is 0.187. The summed E-state index contributed by atoms with van der Waals surface area (Å²) in [5, 5.41) is 3.25. The van der Waals surface area contributed by atoms with Crippen molar-refractivity contribution in [2.45, 2.75) is 123 Å². The second kappa shape index (κ2) is 13.8. The van der Waals surface area contributed by atoms with Crippen LogP contribution in [-0.2, 0) is 26.5 Å². The third-order valence-corrected chi connectivity index (χ3v) is 10.1. The largest absolute Gasteiger partial charge is 0.496 e. The van der Waals surface area contributed by atoms with E-state index in [9.17, 15) is 4.79 Å². The van der Waals surface area contributed by atoms with Crippen LogP contribution >= 0.6 is 0 Å². The lowest BCUT2D eigenvalue weighted by Crippen LogP contribution is -2.26. The molecule has 51 heavy (non-hydrogen) atoms. The van der Waals surface area contributed by atoms with Crippen LogP contribution in [0, 0.1) is 0 Å². The van der Waals surface area contributed by atoms with Crippen LogP contribution in [0.15, 0.2) is 84.9 Å². The molecule has 0 spiro atoms. The number of methoxy groups -OCH3 is 2. The van der Waals surface area contributed by atoms with Crippen LogP contribution in [0.4, 0.5) is 5.69 Å². The van der Waals surface area contributed by atoms with Gasteiger partial charge in [-0.1, -0.05) is 132 Å². The topological polar surface area (TPSA) is 50.6 Å². The molecule has 0 aromatic heterocycles. The summed E-state index contributed by atoms with van der Waals surface area (Å²) >= 11 is 0. The van der Waals surface area contributed by atoms with Crippen molar-refractivity contribution in [1.82, 2.24) is 4.90 Å². The molecule has 1 heterocycles. The van der Waals surface area contributed by atoms with Crippen molar-refractivity contribution in [3.63, 3.8) is 0 Å². The molecule has 0 saturated carbocycles. The van der Waals surface area contributed by atoms with Crippen LogP contribution in [-0.4, -0.2) is 31.1 Å². The molecule has 1 saturated heterocycles. The summed E-state index contributed by atoms with van der Waals surface area (Å²) in [5.74, 6) is 1.85. The molecular weight excluding hydrogens is 629 g/mol. The van der Waals surface area contributed by atoms with E-state index in [1.807, 2.05) is 36.4 Å². The number of carbonyl (C=O) groups excluding carboxylic acids is 1. The van der Waals surface area contributed by atoms with Gasteiger partial charge in [-0.3, -0.25) is 9.69 Å². The van der Waals surface area contributed by atoms with Gasteiger partial charge in [0.15, 0.2) is 0 Å². The average Bonchev–Trinajstić information content (AvgIpc) is 3.78. The number of ether oxygens (including phenoxy) is 2. The highest BCUT2D eigenvalue weighted by Gasteiger charge is 2.57. The van der Waals surface area contributed by atoms with E-state index >= 15 is 0 Å². The van der Waals surface area contributed by atoms with Crippen molar-refractivity contribution in [1.29, 1.82) is 0 Å². The first-order chi connectivity index (χ1) is 23.7. The predicted molar refractivity (Wildman–Crippen MR) is 213 cm³/mol. The van der Waals surface area contributed by atoms with Gasteiger partial charge >= 0.3 is 0 Å². The zero-order valence-electron chi connectivity index (χ0n) is 33.5. The van der Waals surface area contributed by atoms with Gasteiger partial charge in [-0.25, -0.2) is 0 Å². The number of para-hydroxylation sites is 1. The predicted octanol–water partition coefficient (Wildman–Crippen LogP) is 11.0. The highest BCUT2D eigenvalue weighted by atomic mass is 16.5. The van der Waals surface area contributed by atoms with E-state index in [-0.39, 0.29) is 39.7 Å². The van der Waals surface area contributed by atoms with E-state index in [1.165, 1.54) is 0 Å². The summed E-state index contributed by atoms with van der Waals surface area (Å²) in [6.07, 6.45) is 0. The summed E-state index contributed by atoms with van der Waals surface area (Å²) in [7, 11) is 3.57. The van der Waals surface area contributed by atoms with Crippen molar-refractivity contribution in [2.75, 3.05) is 19.5 Å². The number of benzene rings is 4. The fraction of sp³-hybridized carbons (Fsp3) is 0.457. The standard InChI is InChI=1S/C46H60N2O3/c1-43(2,3)33-25-30(26-34(40(33)50-13)44(4,5)6)37(31-27-35(45(7,8)9)41(51-14)36(28-31)46(10,11)12)48-38(29-21-17-15-18-22-29)39(48)42(49)47-32-23-19-16-20-24-32/h15-28,37-39H,1-14H3,(H,47,49)/t38-,39+,48?/m0/s1. The third-order valence-electron chi connectivity index (χ3n) is 10.1. The van der Waals surface area contributed by atoms with Gasteiger partial charge in [-0.2, -0.15) is 0 Å². The Morgan fingerprint density at radius 2 is 0.941 bits per heavy atom. The van der Waals surface area contributed by atoms with Crippen LogP contribution in [0.2, 0.25) is 0 Å². The molecule has 3 atom stereocenters. The summed E-state index contributed by atoms with van der Waals surface area (Å²) < 4.78 is 12.5. The molecule has 0 radical (unpaired) electrons. The first kappa shape index (κ1) is 38.1. The third kappa shape index (κ3) is 7.89. The molecule has 1 fully saturated rings. The van der Waals surface area contributed by atoms with Gasteiger partial charge in [0.1, 0.15) is 17.5 Å². The van der Waals surface area contributed by atoms with Gasteiger partial charge < -0.3 is 14.8 Å². The molecule has 1 aliphatic rings. The van der Waals surface area contributed by atoms with E-state index in [0.717, 1.165) is 56.1 Å². The first-order valence-electron chi connectivity index (χ1n) is 18.3. The Balaban J connectivity index is 1.87. The second-order valence-corrected chi connectivity index (χ2v) is 18.3. The molecule has 4 aromatic carbocycles. The van der Waals surface area contributed by atoms with E-state index < -0.39 is 6.04 Å². The molecule has 0 aliphatic carbocycles.